The van der Waals surface area contributed by atoms with Crippen LogP contribution in [0, 0.1) is 13.8 Å². The number of aryl methyl sites for hydroxylation is 2. The van der Waals surface area contributed by atoms with E-state index in [1.807, 2.05) is 0 Å². The van der Waals surface area contributed by atoms with Gasteiger partial charge in [0, 0.05) is 18.7 Å². The molecule has 0 aliphatic carbocycles. The molecule has 0 saturated heterocycles. The van der Waals surface area contributed by atoms with Crippen LogP contribution in [0.4, 0.5) is 0 Å². The molecule has 96 valence electrons. The van der Waals surface area contributed by atoms with Crippen molar-refractivity contribution in [2.45, 2.75) is 33.2 Å². The molecule has 1 rings (SSSR count). The minimum atomic E-state index is 0.272. The topological polar surface area (TPSA) is 41.5 Å². The number of benzene rings is 1. The third-order valence-electron chi connectivity index (χ3n) is 2.97. The Morgan fingerprint density at radius 1 is 1.18 bits per heavy atom. The van der Waals surface area contributed by atoms with Gasteiger partial charge in [0.15, 0.2) is 0 Å². The minimum Gasteiger partial charge on any atom is -0.496 e. The van der Waals surface area contributed by atoms with Gasteiger partial charge >= 0.3 is 0 Å². The van der Waals surface area contributed by atoms with Crippen molar-refractivity contribution in [1.29, 1.82) is 0 Å². The Kier molecular flexibility index (Phi) is 6.01. The van der Waals surface area contributed by atoms with Gasteiger partial charge in [0.25, 0.3) is 0 Å². The predicted molar refractivity (Wildman–Crippen MR) is 70.5 cm³/mol. The van der Waals surface area contributed by atoms with Gasteiger partial charge < -0.3 is 15.2 Å². The van der Waals surface area contributed by atoms with E-state index in [0.717, 1.165) is 31.7 Å². The number of hydrogen-bond acceptors (Lipinski definition) is 3. The summed E-state index contributed by atoms with van der Waals surface area (Å²) in [5, 5.41) is 12.1. The maximum atomic E-state index is 8.68. The Morgan fingerprint density at radius 2 is 1.88 bits per heavy atom. The third kappa shape index (κ3) is 4.36. The molecule has 0 atom stereocenters. The fraction of sp³-hybridized carbons (Fsp3) is 0.571. The molecule has 0 heterocycles. The first-order valence-electron chi connectivity index (χ1n) is 6.14. The molecule has 0 saturated carbocycles. The van der Waals surface area contributed by atoms with Crippen LogP contribution in [0.3, 0.4) is 0 Å². The quantitative estimate of drug-likeness (QED) is 0.714. The number of unbranched alkanes of at least 4 members (excludes halogenated alkanes) is 1. The van der Waals surface area contributed by atoms with Crippen LogP contribution in [-0.4, -0.2) is 25.4 Å². The first-order valence-corrected chi connectivity index (χ1v) is 6.14. The van der Waals surface area contributed by atoms with Crippen molar-refractivity contribution in [1.82, 2.24) is 5.32 Å². The lowest BCUT2D eigenvalue weighted by Gasteiger charge is -2.12. The summed E-state index contributed by atoms with van der Waals surface area (Å²) in [5.74, 6) is 0.947. The molecule has 0 amide bonds. The summed E-state index contributed by atoms with van der Waals surface area (Å²) in [6.45, 7) is 6.22. The van der Waals surface area contributed by atoms with E-state index in [4.69, 9.17) is 9.84 Å². The zero-order valence-corrected chi connectivity index (χ0v) is 11.0. The highest BCUT2D eigenvalue weighted by molar-refractivity contribution is 5.41. The van der Waals surface area contributed by atoms with Gasteiger partial charge in [-0.05, 0) is 50.4 Å². The van der Waals surface area contributed by atoms with E-state index >= 15 is 0 Å². The zero-order chi connectivity index (χ0) is 12.7. The van der Waals surface area contributed by atoms with Gasteiger partial charge in [-0.25, -0.2) is 0 Å². The van der Waals surface area contributed by atoms with E-state index < -0.39 is 0 Å². The van der Waals surface area contributed by atoms with Crippen LogP contribution in [0.15, 0.2) is 12.1 Å². The van der Waals surface area contributed by atoms with Gasteiger partial charge in [-0.15, -0.1) is 0 Å². The molecule has 0 fully saturated rings. The van der Waals surface area contributed by atoms with E-state index in [9.17, 15) is 0 Å². The van der Waals surface area contributed by atoms with Crippen molar-refractivity contribution in [3.05, 3.63) is 28.8 Å². The second kappa shape index (κ2) is 7.30. The summed E-state index contributed by atoms with van der Waals surface area (Å²) >= 11 is 0. The van der Waals surface area contributed by atoms with Crippen LogP contribution < -0.4 is 10.1 Å². The molecule has 17 heavy (non-hydrogen) atoms. The number of aliphatic hydroxyl groups excluding tert-OH is 1. The van der Waals surface area contributed by atoms with E-state index in [0.29, 0.717) is 0 Å². The Balaban J connectivity index is 2.54. The summed E-state index contributed by atoms with van der Waals surface area (Å²) < 4.78 is 5.38. The van der Waals surface area contributed by atoms with Crippen molar-refractivity contribution in [2.24, 2.45) is 0 Å². The van der Waals surface area contributed by atoms with Crippen molar-refractivity contribution in [2.75, 3.05) is 20.3 Å². The molecule has 1 aromatic carbocycles. The van der Waals surface area contributed by atoms with E-state index in [1.54, 1.807) is 7.11 Å². The Labute approximate surface area is 104 Å². The van der Waals surface area contributed by atoms with Gasteiger partial charge in [0.2, 0.25) is 0 Å². The molecule has 3 nitrogen and oxygen atoms in total. The molecule has 2 N–H and O–H groups in total. The smallest absolute Gasteiger partial charge is 0.123 e. The van der Waals surface area contributed by atoms with Gasteiger partial charge in [-0.2, -0.15) is 0 Å². The van der Waals surface area contributed by atoms with Gasteiger partial charge in [-0.1, -0.05) is 6.07 Å². The van der Waals surface area contributed by atoms with Crippen molar-refractivity contribution >= 4 is 0 Å². The molecular weight excluding hydrogens is 214 g/mol. The lowest BCUT2D eigenvalue weighted by atomic mass is 10.0. The number of ether oxygens (including phenoxy) is 1. The molecule has 0 aliphatic heterocycles. The zero-order valence-electron chi connectivity index (χ0n) is 11.0. The number of hydrogen-bond donors (Lipinski definition) is 2. The number of aliphatic hydroxyl groups is 1. The Hall–Kier alpha value is -1.06. The van der Waals surface area contributed by atoms with Gasteiger partial charge in [0.05, 0.1) is 7.11 Å². The molecule has 0 aromatic heterocycles. The largest absolute Gasteiger partial charge is 0.496 e. The average Bonchev–Trinajstić information content (AvgIpc) is 2.33. The monoisotopic (exact) mass is 237 g/mol. The maximum absolute atomic E-state index is 8.68. The molecular formula is C14H23NO2. The van der Waals surface area contributed by atoms with E-state index in [1.165, 1.54) is 16.7 Å². The van der Waals surface area contributed by atoms with Crippen LogP contribution in [0.25, 0.3) is 0 Å². The predicted octanol–water partition coefficient (Wildman–Crippen LogP) is 2.17. The molecule has 3 heteroatoms. The molecule has 0 unspecified atom stereocenters. The summed E-state index contributed by atoms with van der Waals surface area (Å²) in [7, 11) is 1.71. The van der Waals surface area contributed by atoms with Crippen molar-refractivity contribution in [3.8, 4) is 5.75 Å². The lowest BCUT2D eigenvalue weighted by Crippen LogP contribution is -2.15. The Morgan fingerprint density at radius 3 is 2.53 bits per heavy atom. The molecule has 1 aromatic rings. The third-order valence-corrected chi connectivity index (χ3v) is 2.97. The van der Waals surface area contributed by atoms with Gasteiger partial charge in [-0.3, -0.25) is 0 Å². The molecule has 0 aliphatic rings. The highest BCUT2D eigenvalue weighted by Gasteiger charge is 2.05. The normalized spacial score (nSPS) is 10.6. The second-order valence-corrected chi connectivity index (χ2v) is 4.36. The maximum Gasteiger partial charge on any atom is 0.123 e. The van der Waals surface area contributed by atoms with Crippen LogP contribution in [-0.2, 0) is 6.54 Å². The first kappa shape index (κ1) is 14.0. The number of rotatable bonds is 7. The van der Waals surface area contributed by atoms with E-state index in [2.05, 4.69) is 31.3 Å². The van der Waals surface area contributed by atoms with Crippen LogP contribution in [0.1, 0.15) is 29.5 Å². The van der Waals surface area contributed by atoms with Crippen molar-refractivity contribution < 1.29 is 9.84 Å². The van der Waals surface area contributed by atoms with E-state index in [-0.39, 0.29) is 6.61 Å². The highest BCUT2D eigenvalue weighted by atomic mass is 16.5. The lowest BCUT2D eigenvalue weighted by molar-refractivity contribution is 0.283. The van der Waals surface area contributed by atoms with Crippen LogP contribution >= 0.6 is 0 Å². The van der Waals surface area contributed by atoms with Crippen LogP contribution in [0.2, 0.25) is 0 Å². The Bertz CT molecular complexity index is 350. The molecule has 0 spiro atoms. The summed E-state index contributed by atoms with van der Waals surface area (Å²) in [6.07, 6.45) is 1.86. The summed E-state index contributed by atoms with van der Waals surface area (Å²) in [6, 6.07) is 4.26. The number of methoxy groups -OCH3 is 1. The fourth-order valence-electron chi connectivity index (χ4n) is 1.76. The molecule has 0 radical (unpaired) electrons. The standard InChI is InChI=1S/C14H23NO2/c1-11-8-13(10-15-6-4-5-7-16)14(17-3)9-12(11)2/h8-9,15-16H,4-7,10H2,1-3H3. The SMILES string of the molecule is COc1cc(C)c(C)cc1CNCCCCO. The van der Waals surface area contributed by atoms with Crippen LogP contribution in [0.5, 0.6) is 5.75 Å². The molecule has 0 bridgehead atoms. The second-order valence-electron chi connectivity index (χ2n) is 4.36. The number of nitrogens with one attached hydrogen (secondary N) is 1. The minimum absolute atomic E-state index is 0.272. The van der Waals surface area contributed by atoms with Crippen molar-refractivity contribution in [3.63, 3.8) is 0 Å². The average molecular weight is 237 g/mol. The summed E-state index contributed by atoms with van der Waals surface area (Å²) in [5.41, 5.74) is 3.74. The highest BCUT2D eigenvalue weighted by Crippen LogP contribution is 2.22. The summed E-state index contributed by atoms with van der Waals surface area (Å²) in [4.78, 5) is 0. The van der Waals surface area contributed by atoms with Gasteiger partial charge in [0.1, 0.15) is 5.75 Å². The first-order chi connectivity index (χ1) is 8.19. The fourth-order valence-corrected chi connectivity index (χ4v) is 1.76.